The van der Waals surface area contributed by atoms with Crippen LogP contribution in [0.3, 0.4) is 0 Å². The highest BCUT2D eigenvalue weighted by Gasteiger charge is 2.11. The first-order valence-electron chi connectivity index (χ1n) is 5.00. The van der Waals surface area contributed by atoms with Crippen LogP contribution in [-0.4, -0.2) is 16.7 Å². The molecule has 4 nitrogen and oxygen atoms in total. The SMILES string of the molecule is Cc1c(Cl)cccc1-c1nc(CCN)no1. The maximum Gasteiger partial charge on any atom is 0.258 e. The van der Waals surface area contributed by atoms with E-state index in [-0.39, 0.29) is 0 Å². The van der Waals surface area contributed by atoms with Crippen LogP contribution < -0.4 is 5.73 Å². The van der Waals surface area contributed by atoms with E-state index in [2.05, 4.69) is 10.1 Å². The van der Waals surface area contributed by atoms with Crippen LogP contribution in [0.2, 0.25) is 5.02 Å². The Morgan fingerprint density at radius 1 is 1.44 bits per heavy atom. The summed E-state index contributed by atoms with van der Waals surface area (Å²) in [4.78, 5) is 4.26. The largest absolute Gasteiger partial charge is 0.334 e. The molecule has 5 heteroatoms. The number of nitrogens with two attached hydrogens (primary N) is 1. The zero-order valence-electron chi connectivity index (χ0n) is 8.90. The van der Waals surface area contributed by atoms with Crippen LogP contribution in [-0.2, 0) is 6.42 Å². The number of hydrogen-bond donors (Lipinski definition) is 1. The average Bonchev–Trinajstić information content (AvgIpc) is 2.71. The number of aromatic nitrogens is 2. The molecule has 0 bridgehead atoms. The minimum atomic E-state index is 0.489. The van der Waals surface area contributed by atoms with Crippen LogP contribution in [0.1, 0.15) is 11.4 Å². The van der Waals surface area contributed by atoms with E-state index in [1.54, 1.807) is 0 Å². The maximum absolute atomic E-state index is 6.02. The molecule has 16 heavy (non-hydrogen) atoms. The van der Waals surface area contributed by atoms with Crippen molar-refractivity contribution >= 4 is 11.6 Å². The second kappa shape index (κ2) is 4.63. The molecule has 84 valence electrons. The van der Waals surface area contributed by atoms with E-state index in [1.165, 1.54) is 0 Å². The van der Waals surface area contributed by atoms with Gasteiger partial charge in [-0.25, -0.2) is 0 Å². The topological polar surface area (TPSA) is 64.9 Å². The molecule has 0 aliphatic carbocycles. The summed E-state index contributed by atoms with van der Waals surface area (Å²) in [6.45, 7) is 2.43. The summed E-state index contributed by atoms with van der Waals surface area (Å²) in [6, 6.07) is 5.59. The number of rotatable bonds is 3. The van der Waals surface area contributed by atoms with Crippen molar-refractivity contribution in [3.63, 3.8) is 0 Å². The van der Waals surface area contributed by atoms with E-state index in [1.807, 2.05) is 25.1 Å². The molecule has 0 saturated heterocycles. The van der Waals surface area contributed by atoms with E-state index >= 15 is 0 Å². The lowest BCUT2D eigenvalue weighted by atomic mass is 10.1. The molecule has 2 aromatic rings. The molecule has 0 unspecified atom stereocenters. The third-order valence-electron chi connectivity index (χ3n) is 2.33. The molecule has 0 aliphatic heterocycles. The van der Waals surface area contributed by atoms with E-state index < -0.39 is 0 Å². The Balaban J connectivity index is 2.39. The lowest BCUT2D eigenvalue weighted by Gasteiger charge is -2.01. The van der Waals surface area contributed by atoms with Crippen LogP contribution in [0.25, 0.3) is 11.5 Å². The molecule has 0 radical (unpaired) electrons. The fourth-order valence-electron chi connectivity index (χ4n) is 1.43. The molecule has 2 N–H and O–H groups in total. The van der Waals surface area contributed by atoms with E-state index in [0.717, 1.165) is 11.1 Å². The Kier molecular flexibility index (Phi) is 3.22. The average molecular weight is 238 g/mol. The third kappa shape index (κ3) is 2.08. The van der Waals surface area contributed by atoms with Gasteiger partial charge in [0.25, 0.3) is 5.89 Å². The van der Waals surface area contributed by atoms with Crippen LogP contribution in [0.4, 0.5) is 0 Å². The molecular weight excluding hydrogens is 226 g/mol. The van der Waals surface area contributed by atoms with Crippen LogP contribution in [0.15, 0.2) is 22.7 Å². The smallest absolute Gasteiger partial charge is 0.258 e. The molecule has 0 saturated carbocycles. The zero-order valence-corrected chi connectivity index (χ0v) is 9.66. The van der Waals surface area contributed by atoms with Crippen molar-refractivity contribution in [2.24, 2.45) is 5.73 Å². The van der Waals surface area contributed by atoms with Gasteiger partial charge in [-0.05, 0) is 31.2 Å². The van der Waals surface area contributed by atoms with Gasteiger partial charge in [-0.2, -0.15) is 4.98 Å². The van der Waals surface area contributed by atoms with E-state index in [9.17, 15) is 0 Å². The fraction of sp³-hybridized carbons (Fsp3) is 0.273. The molecule has 0 amide bonds. The molecule has 0 atom stereocenters. The second-order valence-corrected chi connectivity index (χ2v) is 3.87. The number of hydrogen-bond acceptors (Lipinski definition) is 4. The van der Waals surface area contributed by atoms with Crippen molar-refractivity contribution in [1.82, 2.24) is 10.1 Å². The summed E-state index contributed by atoms with van der Waals surface area (Å²) in [7, 11) is 0. The minimum absolute atomic E-state index is 0.489. The summed E-state index contributed by atoms with van der Waals surface area (Å²) in [5.41, 5.74) is 7.22. The van der Waals surface area contributed by atoms with Gasteiger partial charge in [-0.3, -0.25) is 0 Å². The van der Waals surface area contributed by atoms with Gasteiger partial charge < -0.3 is 10.3 Å². The predicted molar refractivity (Wildman–Crippen MR) is 62.2 cm³/mol. The fourth-order valence-corrected chi connectivity index (χ4v) is 1.61. The highest BCUT2D eigenvalue weighted by Crippen LogP contribution is 2.26. The summed E-state index contributed by atoms with van der Waals surface area (Å²) in [6.07, 6.45) is 0.614. The first-order valence-corrected chi connectivity index (χ1v) is 5.38. The number of benzene rings is 1. The van der Waals surface area contributed by atoms with Crippen molar-refractivity contribution in [2.45, 2.75) is 13.3 Å². The molecule has 0 aliphatic rings. The molecular formula is C11H12ClN3O. The summed E-state index contributed by atoms with van der Waals surface area (Å²) >= 11 is 6.02. The zero-order chi connectivity index (χ0) is 11.5. The number of halogens is 1. The van der Waals surface area contributed by atoms with Crippen molar-refractivity contribution in [3.05, 3.63) is 34.6 Å². The van der Waals surface area contributed by atoms with Crippen LogP contribution in [0, 0.1) is 6.92 Å². The highest BCUT2D eigenvalue weighted by molar-refractivity contribution is 6.31. The highest BCUT2D eigenvalue weighted by atomic mass is 35.5. The molecule has 1 aromatic heterocycles. The van der Waals surface area contributed by atoms with Gasteiger partial charge in [-0.15, -0.1) is 0 Å². The van der Waals surface area contributed by atoms with Gasteiger partial charge in [0.1, 0.15) is 0 Å². The van der Waals surface area contributed by atoms with E-state index in [0.29, 0.717) is 29.7 Å². The predicted octanol–water partition coefficient (Wildman–Crippen LogP) is 2.20. The van der Waals surface area contributed by atoms with Crippen molar-refractivity contribution in [3.8, 4) is 11.5 Å². The van der Waals surface area contributed by atoms with Gasteiger partial charge in [0.15, 0.2) is 5.82 Å². The summed E-state index contributed by atoms with van der Waals surface area (Å²) < 4.78 is 5.16. The first kappa shape index (κ1) is 11.1. The molecule has 1 heterocycles. The van der Waals surface area contributed by atoms with Gasteiger partial charge in [-0.1, -0.05) is 22.8 Å². The monoisotopic (exact) mass is 237 g/mol. The Morgan fingerprint density at radius 2 is 2.25 bits per heavy atom. The summed E-state index contributed by atoms with van der Waals surface area (Å²) in [5.74, 6) is 1.11. The second-order valence-electron chi connectivity index (χ2n) is 3.47. The molecule has 1 aromatic carbocycles. The summed E-state index contributed by atoms with van der Waals surface area (Å²) in [5, 5.41) is 4.53. The van der Waals surface area contributed by atoms with Gasteiger partial charge in [0.05, 0.1) is 0 Å². The lowest BCUT2D eigenvalue weighted by Crippen LogP contribution is -2.03. The quantitative estimate of drug-likeness (QED) is 0.889. The molecule has 2 rings (SSSR count). The standard InChI is InChI=1S/C11H12ClN3O/c1-7-8(3-2-4-9(7)12)11-14-10(5-6-13)15-16-11/h2-4H,5-6,13H2,1H3. The van der Waals surface area contributed by atoms with Gasteiger partial charge in [0, 0.05) is 17.0 Å². The van der Waals surface area contributed by atoms with Crippen LogP contribution in [0.5, 0.6) is 0 Å². The number of nitrogens with zero attached hydrogens (tertiary/aromatic N) is 2. The maximum atomic E-state index is 6.02. The minimum Gasteiger partial charge on any atom is -0.334 e. The normalized spacial score (nSPS) is 10.7. The first-order chi connectivity index (χ1) is 7.72. The van der Waals surface area contributed by atoms with Gasteiger partial charge in [0.2, 0.25) is 0 Å². The van der Waals surface area contributed by atoms with Crippen molar-refractivity contribution in [2.75, 3.05) is 6.54 Å². The Labute approximate surface area is 98.4 Å². The Hall–Kier alpha value is -1.39. The van der Waals surface area contributed by atoms with Gasteiger partial charge >= 0.3 is 0 Å². The Bertz CT molecular complexity index is 496. The lowest BCUT2D eigenvalue weighted by molar-refractivity contribution is 0.422. The Morgan fingerprint density at radius 3 is 3.00 bits per heavy atom. The molecule has 0 spiro atoms. The van der Waals surface area contributed by atoms with Crippen molar-refractivity contribution in [1.29, 1.82) is 0 Å². The molecule has 0 fully saturated rings. The van der Waals surface area contributed by atoms with Crippen LogP contribution >= 0.6 is 11.6 Å². The van der Waals surface area contributed by atoms with Crippen molar-refractivity contribution < 1.29 is 4.52 Å². The van der Waals surface area contributed by atoms with E-state index in [4.69, 9.17) is 21.9 Å². The third-order valence-corrected chi connectivity index (χ3v) is 2.74.